The highest BCUT2D eigenvalue weighted by molar-refractivity contribution is 5.30. The molecule has 0 aromatic heterocycles. The second-order valence-corrected chi connectivity index (χ2v) is 4.16. The second kappa shape index (κ2) is 3.15. The average molecular weight is 176 g/mol. The standard InChI is InChI=1S/C12H16O/c1-8-4-3-5-10(6-8)12-7-11(12)9(2)13/h3-6,9,11-13H,7H2,1-2H3. The van der Waals surface area contributed by atoms with Crippen LogP contribution >= 0.6 is 0 Å². The monoisotopic (exact) mass is 176 g/mol. The fourth-order valence-corrected chi connectivity index (χ4v) is 2.03. The van der Waals surface area contributed by atoms with Crippen molar-refractivity contribution in [1.29, 1.82) is 0 Å². The van der Waals surface area contributed by atoms with Crippen LogP contribution in [0, 0.1) is 12.8 Å². The molecule has 1 heteroatoms. The Hall–Kier alpha value is -0.820. The molecule has 1 fully saturated rings. The lowest BCUT2D eigenvalue weighted by atomic mass is 10.1. The van der Waals surface area contributed by atoms with Gasteiger partial charge in [-0.2, -0.15) is 0 Å². The number of benzene rings is 1. The number of aliphatic hydroxyl groups excluding tert-OH is 1. The largest absolute Gasteiger partial charge is 0.393 e. The normalized spacial score (nSPS) is 28.5. The summed E-state index contributed by atoms with van der Waals surface area (Å²) in [6.45, 7) is 4.00. The van der Waals surface area contributed by atoms with Crippen molar-refractivity contribution < 1.29 is 5.11 Å². The van der Waals surface area contributed by atoms with Crippen LogP contribution in [0.1, 0.15) is 30.4 Å². The SMILES string of the molecule is Cc1cccc(C2CC2C(C)O)c1. The van der Waals surface area contributed by atoms with E-state index in [1.54, 1.807) is 0 Å². The van der Waals surface area contributed by atoms with Gasteiger partial charge in [0.1, 0.15) is 0 Å². The lowest BCUT2D eigenvalue weighted by Crippen LogP contribution is -2.03. The lowest BCUT2D eigenvalue weighted by molar-refractivity contribution is 0.169. The smallest absolute Gasteiger partial charge is 0.0546 e. The molecular formula is C12H16O. The molecule has 0 spiro atoms. The molecule has 1 aliphatic carbocycles. The van der Waals surface area contributed by atoms with Gasteiger partial charge >= 0.3 is 0 Å². The Morgan fingerprint density at radius 2 is 2.23 bits per heavy atom. The Bertz CT molecular complexity index is 304. The zero-order valence-corrected chi connectivity index (χ0v) is 8.20. The molecule has 0 amide bonds. The van der Waals surface area contributed by atoms with E-state index < -0.39 is 0 Å². The zero-order chi connectivity index (χ0) is 9.42. The van der Waals surface area contributed by atoms with Crippen molar-refractivity contribution in [2.24, 2.45) is 5.92 Å². The molecule has 70 valence electrons. The number of rotatable bonds is 2. The quantitative estimate of drug-likeness (QED) is 0.734. The zero-order valence-electron chi connectivity index (χ0n) is 8.20. The predicted octanol–water partition coefficient (Wildman–Crippen LogP) is 2.48. The molecule has 1 saturated carbocycles. The molecule has 3 atom stereocenters. The van der Waals surface area contributed by atoms with Gasteiger partial charge in [-0.25, -0.2) is 0 Å². The summed E-state index contributed by atoms with van der Waals surface area (Å²) in [6.07, 6.45) is 1.01. The summed E-state index contributed by atoms with van der Waals surface area (Å²) in [5.41, 5.74) is 2.71. The summed E-state index contributed by atoms with van der Waals surface area (Å²) in [5.74, 6) is 1.11. The Morgan fingerprint density at radius 1 is 1.46 bits per heavy atom. The van der Waals surface area contributed by atoms with Crippen molar-refractivity contribution >= 4 is 0 Å². The van der Waals surface area contributed by atoms with E-state index in [0.717, 1.165) is 6.42 Å². The third kappa shape index (κ3) is 1.75. The second-order valence-electron chi connectivity index (χ2n) is 4.16. The molecular weight excluding hydrogens is 160 g/mol. The molecule has 0 bridgehead atoms. The van der Waals surface area contributed by atoms with Gasteiger partial charge in [0.25, 0.3) is 0 Å². The first kappa shape index (κ1) is 8.76. The molecule has 1 aliphatic rings. The van der Waals surface area contributed by atoms with E-state index in [0.29, 0.717) is 11.8 Å². The van der Waals surface area contributed by atoms with Gasteiger partial charge in [-0.3, -0.25) is 0 Å². The molecule has 0 radical (unpaired) electrons. The van der Waals surface area contributed by atoms with Gasteiger partial charge in [0.05, 0.1) is 6.10 Å². The van der Waals surface area contributed by atoms with Crippen molar-refractivity contribution in [3.05, 3.63) is 35.4 Å². The van der Waals surface area contributed by atoms with E-state index in [2.05, 4.69) is 31.2 Å². The van der Waals surface area contributed by atoms with Crippen LogP contribution in [0.3, 0.4) is 0 Å². The number of aryl methyl sites for hydroxylation is 1. The van der Waals surface area contributed by atoms with Crippen LogP contribution < -0.4 is 0 Å². The Morgan fingerprint density at radius 3 is 2.77 bits per heavy atom. The van der Waals surface area contributed by atoms with Gasteiger partial charge in [0.2, 0.25) is 0 Å². The van der Waals surface area contributed by atoms with Crippen LogP contribution in [0.5, 0.6) is 0 Å². The third-order valence-electron chi connectivity index (χ3n) is 2.93. The van der Waals surface area contributed by atoms with Crippen LogP contribution in [-0.2, 0) is 0 Å². The number of hydrogen-bond acceptors (Lipinski definition) is 1. The summed E-state index contributed by atoms with van der Waals surface area (Å²) in [7, 11) is 0. The first-order valence-electron chi connectivity index (χ1n) is 4.93. The Kier molecular flexibility index (Phi) is 2.12. The molecule has 0 saturated heterocycles. The van der Waals surface area contributed by atoms with Gasteiger partial charge in [0.15, 0.2) is 0 Å². The lowest BCUT2D eigenvalue weighted by Gasteiger charge is -2.03. The van der Waals surface area contributed by atoms with Crippen molar-refractivity contribution in [1.82, 2.24) is 0 Å². The van der Waals surface area contributed by atoms with Gasteiger partial charge in [-0.15, -0.1) is 0 Å². The number of hydrogen-bond donors (Lipinski definition) is 1. The molecule has 1 N–H and O–H groups in total. The van der Waals surface area contributed by atoms with Crippen LogP contribution in [0.25, 0.3) is 0 Å². The highest BCUT2D eigenvalue weighted by Crippen LogP contribution is 2.49. The van der Waals surface area contributed by atoms with Crippen molar-refractivity contribution in [2.45, 2.75) is 32.3 Å². The Balaban J connectivity index is 2.12. The summed E-state index contributed by atoms with van der Waals surface area (Å²) in [6, 6.07) is 8.61. The van der Waals surface area contributed by atoms with Crippen molar-refractivity contribution in [3.8, 4) is 0 Å². The summed E-state index contributed by atoms with van der Waals surface area (Å²) in [5, 5.41) is 9.39. The van der Waals surface area contributed by atoms with Crippen LogP contribution in [0.15, 0.2) is 24.3 Å². The van der Waals surface area contributed by atoms with E-state index in [1.807, 2.05) is 6.92 Å². The molecule has 13 heavy (non-hydrogen) atoms. The topological polar surface area (TPSA) is 20.2 Å². The van der Waals surface area contributed by atoms with E-state index in [-0.39, 0.29) is 6.10 Å². The van der Waals surface area contributed by atoms with E-state index in [4.69, 9.17) is 0 Å². The predicted molar refractivity (Wildman–Crippen MR) is 53.7 cm³/mol. The Labute approximate surface area is 79.4 Å². The molecule has 0 heterocycles. The summed E-state index contributed by atoms with van der Waals surface area (Å²) < 4.78 is 0. The molecule has 1 aromatic carbocycles. The minimum atomic E-state index is -0.148. The van der Waals surface area contributed by atoms with E-state index in [9.17, 15) is 5.11 Å². The van der Waals surface area contributed by atoms with Crippen molar-refractivity contribution in [3.63, 3.8) is 0 Å². The summed E-state index contributed by atoms with van der Waals surface area (Å²) in [4.78, 5) is 0. The minimum absolute atomic E-state index is 0.148. The fraction of sp³-hybridized carbons (Fsp3) is 0.500. The van der Waals surface area contributed by atoms with Crippen molar-refractivity contribution in [2.75, 3.05) is 0 Å². The average Bonchev–Trinajstić information content (AvgIpc) is 2.82. The maximum atomic E-state index is 9.39. The maximum Gasteiger partial charge on any atom is 0.0546 e. The summed E-state index contributed by atoms with van der Waals surface area (Å²) >= 11 is 0. The van der Waals surface area contributed by atoms with Gasteiger partial charge < -0.3 is 5.11 Å². The molecule has 2 rings (SSSR count). The van der Waals surface area contributed by atoms with Crippen LogP contribution in [-0.4, -0.2) is 11.2 Å². The third-order valence-corrected chi connectivity index (χ3v) is 2.93. The van der Waals surface area contributed by atoms with E-state index in [1.165, 1.54) is 11.1 Å². The molecule has 3 unspecified atom stereocenters. The van der Waals surface area contributed by atoms with Crippen LogP contribution in [0.4, 0.5) is 0 Å². The van der Waals surface area contributed by atoms with E-state index >= 15 is 0 Å². The first-order valence-corrected chi connectivity index (χ1v) is 4.93. The highest BCUT2D eigenvalue weighted by atomic mass is 16.3. The van der Waals surface area contributed by atoms with Gasteiger partial charge in [-0.1, -0.05) is 29.8 Å². The highest BCUT2D eigenvalue weighted by Gasteiger charge is 2.41. The molecule has 1 nitrogen and oxygen atoms in total. The maximum absolute atomic E-state index is 9.39. The fourth-order valence-electron chi connectivity index (χ4n) is 2.03. The molecule has 0 aliphatic heterocycles. The minimum Gasteiger partial charge on any atom is -0.393 e. The number of aliphatic hydroxyl groups is 1. The molecule has 1 aromatic rings. The van der Waals surface area contributed by atoms with Gasteiger partial charge in [-0.05, 0) is 37.7 Å². The van der Waals surface area contributed by atoms with Gasteiger partial charge in [0, 0.05) is 0 Å². The van der Waals surface area contributed by atoms with Crippen LogP contribution in [0.2, 0.25) is 0 Å². The first-order chi connectivity index (χ1) is 6.18.